The predicted octanol–water partition coefficient (Wildman–Crippen LogP) is 3.58. The van der Waals surface area contributed by atoms with Gasteiger partial charge < -0.3 is 5.73 Å². The molecule has 0 unspecified atom stereocenters. The van der Waals surface area contributed by atoms with Crippen molar-refractivity contribution < 1.29 is 0 Å². The first kappa shape index (κ1) is 15.2. The summed E-state index contributed by atoms with van der Waals surface area (Å²) < 4.78 is 1.17. The highest BCUT2D eigenvalue weighted by molar-refractivity contribution is 9.10. The lowest BCUT2D eigenvalue weighted by atomic mass is 10.0. The molecule has 0 aliphatic rings. The number of nitrogens with zero attached hydrogens (tertiary/aromatic N) is 1. The van der Waals surface area contributed by atoms with E-state index in [-0.39, 0.29) is 0 Å². The molecule has 0 aromatic heterocycles. The van der Waals surface area contributed by atoms with Gasteiger partial charge in [-0.3, -0.25) is 4.90 Å². The van der Waals surface area contributed by atoms with E-state index < -0.39 is 0 Å². The lowest BCUT2D eigenvalue weighted by molar-refractivity contribution is 0.317. The Morgan fingerprint density at radius 2 is 1.45 bits per heavy atom. The molecule has 20 heavy (non-hydrogen) atoms. The summed E-state index contributed by atoms with van der Waals surface area (Å²) in [6.45, 7) is 2.57. The largest absolute Gasteiger partial charge is 0.330 e. The average molecular weight is 333 g/mol. The van der Waals surface area contributed by atoms with Crippen LogP contribution in [0, 0.1) is 0 Å². The summed E-state index contributed by atoms with van der Waals surface area (Å²) in [4.78, 5) is 2.33. The second-order valence-corrected chi connectivity index (χ2v) is 5.93. The van der Waals surface area contributed by atoms with Crippen molar-refractivity contribution in [2.75, 3.05) is 13.6 Å². The Bertz CT molecular complexity index is 554. The molecule has 2 rings (SSSR count). The molecule has 0 fully saturated rings. The fraction of sp³-hybridized carbons (Fsp3) is 0.294. The Morgan fingerprint density at radius 1 is 0.900 bits per heavy atom. The molecule has 0 amide bonds. The molecule has 0 heterocycles. The minimum atomic E-state index is 0.699. The molecule has 0 bridgehead atoms. The third kappa shape index (κ3) is 4.17. The predicted molar refractivity (Wildman–Crippen MR) is 88.5 cm³/mol. The first-order chi connectivity index (χ1) is 9.70. The van der Waals surface area contributed by atoms with Crippen LogP contribution in [0.25, 0.3) is 0 Å². The van der Waals surface area contributed by atoms with Gasteiger partial charge in [-0.2, -0.15) is 0 Å². The quantitative estimate of drug-likeness (QED) is 0.875. The maximum atomic E-state index is 5.68. The van der Waals surface area contributed by atoms with Gasteiger partial charge in [-0.05, 0) is 42.8 Å². The SMILES string of the molecule is CN(Cc1ccccc1Br)Cc1ccccc1CCN. The number of hydrogen-bond donors (Lipinski definition) is 1. The molecule has 0 saturated carbocycles. The second kappa shape index (κ2) is 7.58. The van der Waals surface area contributed by atoms with Crippen LogP contribution in [0.15, 0.2) is 53.0 Å². The normalized spacial score (nSPS) is 11.0. The third-order valence-corrected chi connectivity index (χ3v) is 4.14. The summed E-state index contributed by atoms with van der Waals surface area (Å²) >= 11 is 3.61. The molecule has 2 nitrogen and oxygen atoms in total. The van der Waals surface area contributed by atoms with Gasteiger partial charge in [0.05, 0.1) is 0 Å². The van der Waals surface area contributed by atoms with Crippen LogP contribution >= 0.6 is 15.9 Å². The van der Waals surface area contributed by atoms with Crippen molar-refractivity contribution in [3.05, 3.63) is 69.7 Å². The van der Waals surface area contributed by atoms with Gasteiger partial charge in [0.15, 0.2) is 0 Å². The molecule has 0 saturated heterocycles. The van der Waals surface area contributed by atoms with Crippen LogP contribution in [0.2, 0.25) is 0 Å². The Hall–Kier alpha value is -1.16. The Morgan fingerprint density at radius 3 is 2.10 bits per heavy atom. The smallest absolute Gasteiger partial charge is 0.0245 e. The zero-order chi connectivity index (χ0) is 14.4. The maximum absolute atomic E-state index is 5.68. The minimum Gasteiger partial charge on any atom is -0.330 e. The number of nitrogens with two attached hydrogens (primary N) is 1. The summed E-state index contributed by atoms with van der Waals surface area (Å²) in [7, 11) is 2.15. The zero-order valence-corrected chi connectivity index (χ0v) is 13.4. The van der Waals surface area contributed by atoms with Crippen molar-refractivity contribution in [3.8, 4) is 0 Å². The molecule has 0 radical (unpaired) electrons. The molecular weight excluding hydrogens is 312 g/mol. The maximum Gasteiger partial charge on any atom is 0.0245 e. The van der Waals surface area contributed by atoms with Gasteiger partial charge in [0.2, 0.25) is 0 Å². The van der Waals surface area contributed by atoms with E-state index in [1.165, 1.54) is 21.2 Å². The molecule has 2 aromatic rings. The standard InChI is InChI=1S/C17H21BrN2/c1-20(13-16-8-4-5-9-17(16)18)12-15-7-3-2-6-14(15)10-11-19/h2-9H,10-13,19H2,1H3. The van der Waals surface area contributed by atoms with Crippen LogP contribution in [0.4, 0.5) is 0 Å². The first-order valence-electron chi connectivity index (χ1n) is 6.89. The number of benzene rings is 2. The summed E-state index contributed by atoms with van der Waals surface area (Å²) in [5.41, 5.74) is 9.72. The number of rotatable bonds is 6. The van der Waals surface area contributed by atoms with E-state index in [9.17, 15) is 0 Å². The van der Waals surface area contributed by atoms with Crippen molar-refractivity contribution >= 4 is 15.9 Å². The van der Waals surface area contributed by atoms with E-state index in [0.717, 1.165) is 19.5 Å². The molecular formula is C17H21BrN2. The van der Waals surface area contributed by atoms with E-state index in [4.69, 9.17) is 5.73 Å². The summed E-state index contributed by atoms with van der Waals surface area (Å²) in [5, 5.41) is 0. The third-order valence-electron chi connectivity index (χ3n) is 3.37. The summed E-state index contributed by atoms with van der Waals surface area (Å²) in [5.74, 6) is 0. The Kier molecular flexibility index (Phi) is 5.77. The fourth-order valence-electron chi connectivity index (χ4n) is 2.38. The van der Waals surface area contributed by atoms with Crippen LogP contribution in [0.1, 0.15) is 16.7 Å². The van der Waals surface area contributed by atoms with Gasteiger partial charge in [-0.25, -0.2) is 0 Å². The van der Waals surface area contributed by atoms with E-state index in [1.807, 2.05) is 6.07 Å². The molecule has 0 aliphatic carbocycles. The van der Waals surface area contributed by atoms with E-state index in [0.29, 0.717) is 6.54 Å². The average Bonchev–Trinajstić information content (AvgIpc) is 2.44. The van der Waals surface area contributed by atoms with Crippen molar-refractivity contribution in [2.45, 2.75) is 19.5 Å². The van der Waals surface area contributed by atoms with E-state index in [2.05, 4.69) is 70.3 Å². The van der Waals surface area contributed by atoms with Gasteiger partial charge >= 0.3 is 0 Å². The molecule has 2 aromatic carbocycles. The van der Waals surface area contributed by atoms with Crippen LogP contribution in [-0.4, -0.2) is 18.5 Å². The van der Waals surface area contributed by atoms with Crippen molar-refractivity contribution in [2.24, 2.45) is 5.73 Å². The van der Waals surface area contributed by atoms with Gasteiger partial charge in [-0.15, -0.1) is 0 Å². The second-order valence-electron chi connectivity index (χ2n) is 5.07. The highest BCUT2D eigenvalue weighted by Crippen LogP contribution is 2.19. The van der Waals surface area contributed by atoms with Crippen LogP contribution in [0.3, 0.4) is 0 Å². The fourth-order valence-corrected chi connectivity index (χ4v) is 2.79. The monoisotopic (exact) mass is 332 g/mol. The summed E-state index contributed by atoms with van der Waals surface area (Å²) in [6, 6.07) is 16.9. The van der Waals surface area contributed by atoms with Crippen LogP contribution in [0.5, 0.6) is 0 Å². The van der Waals surface area contributed by atoms with E-state index in [1.54, 1.807) is 0 Å². The van der Waals surface area contributed by atoms with Crippen LogP contribution in [-0.2, 0) is 19.5 Å². The molecule has 0 spiro atoms. The molecule has 3 heteroatoms. The minimum absolute atomic E-state index is 0.699. The Labute approximate surface area is 129 Å². The number of halogens is 1. The Balaban J connectivity index is 2.05. The number of hydrogen-bond acceptors (Lipinski definition) is 2. The highest BCUT2D eigenvalue weighted by atomic mass is 79.9. The van der Waals surface area contributed by atoms with Crippen molar-refractivity contribution in [1.29, 1.82) is 0 Å². The molecule has 0 atom stereocenters. The lowest BCUT2D eigenvalue weighted by Crippen LogP contribution is -2.19. The molecule has 2 N–H and O–H groups in total. The van der Waals surface area contributed by atoms with Gasteiger partial charge in [-0.1, -0.05) is 58.4 Å². The highest BCUT2D eigenvalue weighted by Gasteiger charge is 2.07. The van der Waals surface area contributed by atoms with E-state index >= 15 is 0 Å². The van der Waals surface area contributed by atoms with Crippen LogP contribution < -0.4 is 5.73 Å². The summed E-state index contributed by atoms with van der Waals surface area (Å²) in [6.07, 6.45) is 0.943. The van der Waals surface area contributed by atoms with Gasteiger partial charge in [0, 0.05) is 17.6 Å². The van der Waals surface area contributed by atoms with Gasteiger partial charge in [0.25, 0.3) is 0 Å². The van der Waals surface area contributed by atoms with Gasteiger partial charge in [0.1, 0.15) is 0 Å². The lowest BCUT2D eigenvalue weighted by Gasteiger charge is -2.19. The molecule has 106 valence electrons. The zero-order valence-electron chi connectivity index (χ0n) is 11.8. The topological polar surface area (TPSA) is 29.3 Å². The molecule has 0 aliphatic heterocycles. The first-order valence-corrected chi connectivity index (χ1v) is 7.69. The van der Waals surface area contributed by atoms with Crippen molar-refractivity contribution in [1.82, 2.24) is 4.90 Å². The van der Waals surface area contributed by atoms with Crippen molar-refractivity contribution in [3.63, 3.8) is 0 Å².